The van der Waals surface area contributed by atoms with Crippen LogP contribution in [-0.2, 0) is 4.79 Å². The first-order valence-corrected chi connectivity index (χ1v) is 22.8. The summed E-state index contributed by atoms with van der Waals surface area (Å²) in [5.74, 6) is -0.160. The second kappa shape index (κ2) is 17.6. The zero-order valence-electron chi connectivity index (χ0n) is 31.9. The predicted molar refractivity (Wildman–Crippen MR) is 229 cm³/mol. The zero-order valence-corrected chi connectivity index (χ0v) is 34.6. The van der Waals surface area contributed by atoms with E-state index in [-0.39, 0.29) is 76.4 Å². The molecule has 0 atom stereocenters. The Labute approximate surface area is 354 Å². The Balaban J connectivity index is 1.60. The van der Waals surface area contributed by atoms with E-state index in [9.17, 15) is 33.6 Å². The average Bonchev–Trinajstić information content (AvgIpc) is 3.30. The third-order valence-corrected chi connectivity index (χ3v) is 18.4. The van der Waals surface area contributed by atoms with Crippen molar-refractivity contribution in [2.75, 3.05) is 0 Å². The van der Waals surface area contributed by atoms with Crippen LogP contribution in [0.3, 0.4) is 0 Å². The maximum atomic E-state index is 13.7. The molecule has 16 nitrogen and oxygen atoms in total. The van der Waals surface area contributed by atoms with Crippen LogP contribution in [0.5, 0.6) is 34.5 Å². The quantitative estimate of drug-likeness (QED) is 0.0594. The number of nitrogens with zero attached hydrogens (tertiary/aromatic N) is 2. The topological polar surface area (TPSA) is 202 Å². The molecule has 0 saturated heterocycles. The molecule has 312 valence electrons. The molecule has 6 aromatic carbocycles. The average molecular weight is 892 g/mol. The third kappa shape index (κ3) is 8.85. The zero-order chi connectivity index (χ0) is 43.7. The SMILES string of the molecule is O=Cc1ccc(OP2(Oc3ccc(C=O)cc3)(Oc3ccc(C=O)cc3)N=PN(C=O)P(Oc3ccc(C=O)cc3)(Oc3ccc(C=O)cc3)(Oc3ccc(C=O)cc3)N2)cc1. The van der Waals surface area contributed by atoms with Crippen LogP contribution >= 0.6 is 23.7 Å². The number of rotatable bonds is 19. The minimum atomic E-state index is -6.08. The summed E-state index contributed by atoms with van der Waals surface area (Å²) in [6, 6.07) is 34.4. The molecule has 0 bridgehead atoms. The van der Waals surface area contributed by atoms with E-state index in [4.69, 9.17) is 31.7 Å². The molecule has 0 unspecified atom stereocenters. The van der Waals surface area contributed by atoms with E-state index in [1.54, 1.807) is 0 Å². The van der Waals surface area contributed by atoms with Gasteiger partial charge in [0, 0.05) is 0 Å². The van der Waals surface area contributed by atoms with Gasteiger partial charge in [-0.2, -0.15) is 0 Å². The number of benzene rings is 6. The van der Waals surface area contributed by atoms with E-state index >= 15 is 0 Å². The second-order valence-electron chi connectivity index (χ2n) is 13.1. The van der Waals surface area contributed by atoms with Gasteiger partial charge in [0.2, 0.25) is 0 Å². The van der Waals surface area contributed by atoms with Gasteiger partial charge in [0.15, 0.2) is 0 Å². The van der Waals surface area contributed by atoms with E-state index in [1.807, 2.05) is 0 Å². The van der Waals surface area contributed by atoms with Crippen molar-refractivity contribution in [1.82, 2.24) is 9.30 Å². The molecule has 0 aliphatic carbocycles. The first-order chi connectivity index (χ1) is 30.1. The molecule has 1 heterocycles. The second-order valence-corrected chi connectivity index (χ2v) is 20.4. The van der Waals surface area contributed by atoms with Gasteiger partial charge in [-0.05, 0) is 0 Å². The number of amides is 1. The van der Waals surface area contributed by atoms with Crippen molar-refractivity contribution in [2.45, 2.75) is 0 Å². The van der Waals surface area contributed by atoms with Gasteiger partial charge in [-0.15, -0.1) is 0 Å². The van der Waals surface area contributed by atoms with Crippen LogP contribution in [0.15, 0.2) is 150 Å². The number of hydrogen-bond acceptors (Lipinski definition) is 15. The van der Waals surface area contributed by atoms with Crippen molar-refractivity contribution >= 4 is 67.8 Å². The Morgan fingerprint density at radius 2 is 0.597 bits per heavy atom. The summed E-state index contributed by atoms with van der Waals surface area (Å²) in [5, 5.41) is 0. The first-order valence-electron chi connectivity index (χ1n) is 18.1. The number of nitrogens with one attached hydrogen (secondary N) is 1. The molecule has 0 spiro atoms. The van der Waals surface area contributed by atoms with Gasteiger partial charge < -0.3 is 0 Å². The molecule has 6 aromatic rings. The van der Waals surface area contributed by atoms with Crippen molar-refractivity contribution < 1.29 is 60.7 Å². The van der Waals surface area contributed by atoms with Crippen molar-refractivity contribution in [1.29, 1.82) is 0 Å². The van der Waals surface area contributed by atoms with Gasteiger partial charge in [0.1, 0.15) is 0 Å². The summed E-state index contributed by atoms with van der Waals surface area (Å²) in [6.45, 7) is 0. The fourth-order valence-electron chi connectivity index (χ4n) is 5.80. The molecule has 19 heteroatoms. The molecule has 1 aliphatic heterocycles. The van der Waals surface area contributed by atoms with Crippen LogP contribution in [-0.4, -0.2) is 48.6 Å². The normalized spacial score (nSPS) is 16.7. The van der Waals surface area contributed by atoms with Crippen LogP contribution in [0.1, 0.15) is 62.1 Å². The number of hydrogen-bond donors (Lipinski definition) is 1. The Kier molecular flexibility index (Phi) is 12.1. The van der Waals surface area contributed by atoms with Gasteiger partial charge in [-0.25, -0.2) is 0 Å². The Morgan fingerprint density at radius 3 is 0.806 bits per heavy atom. The molecule has 7 rings (SSSR count). The van der Waals surface area contributed by atoms with E-state index in [0.29, 0.717) is 44.1 Å². The Morgan fingerprint density at radius 1 is 0.371 bits per heavy atom. The van der Waals surface area contributed by atoms with E-state index in [0.717, 1.165) is 4.44 Å². The summed E-state index contributed by atoms with van der Waals surface area (Å²) in [7, 11) is -12.4. The molecule has 1 N–H and O–H groups in total. The van der Waals surface area contributed by atoms with E-state index in [2.05, 4.69) is 4.86 Å². The van der Waals surface area contributed by atoms with E-state index in [1.165, 1.54) is 146 Å². The maximum absolute atomic E-state index is 13.7. The van der Waals surface area contributed by atoms with Crippen LogP contribution in [0.4, 0.5) is 0 Å². The Bertz CT molecular complexity index is 2400. The van der Waals surface area contributed by atoms with Crippen LogP contribution < -0.4 is 32.0 Å². The summed E-state index contributed by atoms with van der Waals surface area (Å²) < 4.78 is 47.4. The molecular formula is C43H32N3O13P3. The van der Waals surface area contributed by atoms with Crippen molar-refractivity contribution in [2.24, 2.45) is 4.52 Å². The molecule has 0 aromatic heterocycles. The van der Waals surface area contributed by atoms with E-state index < -0.39 is 15.2 Å². The molecule has 1 aliphatic rings. The number of carbonyl (C=O) groups is 7. The third-order valence-electron chi connectivity index (χ3n) is 8.76. The fraction of sp³-hybridized carbons (Fsp3) is 0. The van der Waals surface area contributed by atoms with Gasteiger partial charge >= 0.3 is 356 Å². The Hall–Kier alpha value is -7.47. The standard InChI is InChI=1S/C43H32N3O13P3/c47-25-32-1-13-38(14-2-32)54-61(55-39-15-3-33(26-48)4-16-39,56-40-17-5-34(27-49)6-18-40)44-60-46(31-53)62(45-61,57-41-19-7-35(28-50)8-20-41,58-42-21-9-36(29-51)10-22-42)59-43-23-11-37(30-52)12-24-43/h1-31,45H. The summed E-state index contributed by atoms with van der Waals surface area (Å²) >= 11 is 0. The van der Waals surface area contributed by atoms with Crippen molar-refractivity contribution in [3.05, 3.63) is 179 Å². The van der Waals surface area contributed by atoms with Crippen molar-refractivity contribution in [3.8, 4) is 34.5 Å². The van der Waals surface area contributed by atoms with Gasteiger partial charge in [0.25, 0.3) is 0 Å². The van der Waals surface area contributed by atoms with Crippen LogP contribution in [0.25, 0.3) is 0 Å². The van der Waals surface area contributed by atoms with Crippen LogP contribution in [0, 0.1) is 0 Å². The molecule has 0 radical (unpaired) electrons. The summed E-state index contributed by atoms with van der Waals surface area (Å²) in [4.78, 5) is 87.5. The molecular weight excluding hydrogens is 859 g/mol. The number of aldehydes is 6. The molecule has 0 fully saturated rings. The van der Waals surface area contributed by atoms with Crippen LogP contribution in [0.2, 0.25) is 0 Å². The van der Waals surface area contributed by atoms with Crippen molar-refractivity contribution in [3.63, 3.8) is 0 Å². The molecule has 1 amide bonds. The fourth-order valence-corrected chi connectivity index (χ4v) is 16.4. The van der Waals surface area contributed by atoms with Gasteiger partial charge in [0.05, 0.1) is 0 Å². The minimum absolute atomic E-state index is 0.00842. The number of carbonyl (C=O) groups excluding carboxylic acids is 7. The summed E-state index contributed by atoms with van der Waals surface area (Å²) in [5.41, 5.74) is 1.63. The molecule has 0 saturated carbocycles. The monoisotopic (exact) mass is 891 g/mol. The first kappa shape index (κ1) is 42.6. The van der Waals surface area contributed by atoms with Gasteiger partial charge in [-0.3, -0.25) is 0 Å². The summed E-state index contributed by atoms with van der Waals surface area (Å²) in [6.07, 6.45) is 4.03. The molecule has 62 heavy (non-hydrogen) atoms. The predicted octanol–water partition coefficient (Wildman–Crippen LogP) is 9.70. The van der Waals surface area contributed by atoms with Gasteiger partial charge in [-0.1, -0.05) is 0 Å².